The Morgan fingerprint density at radius 3 is 2.50 bits per heavy atom. The van der Waals surface area contributed by atoms with Crippen LogP contribution in [0, 0.1) is 0 Å². The van der Waals surface area contributed by atoms with Gasteiger partial charge in [-0.2, -0.15) is 0 Å². The lowest BCUT2D eigenvalue weighted by Gasteiger charge is -2.22. The van der Waals surface area contributed by atoms with Gasteiger partial charge >= 0.3 is 5.97 Å². The Labute approximate surface area is 106 Å². The molecule has 0 saturated carbocycles. The molecule has 0 amide bonds. The molecule has 18 heavy (non-hydrogen) atoms. The third kappa shape index (κ3) is 2.48. The first-order chi connectivity index (χ1) is 8.23. The van der Waals surface area contributed by atoms with Gasteiger partial charge in [0.15, 0.2) is 14.6 Å². The van der Waals surface area contributed by atoms with E-state index >= 15 is 0 Å². The van der Waals surface area contributed by atoms with Crippen LogP contribution in [-0.2, 0) is 19.4 Å². The third-order valence-electron chi connectivity index (χ3n) is 2.57. The minimum absolute atomic E-state index is 0.109. The first kappa shape index (κ1) is 14.5. The van der Waals surface area contributed by atoms with Crippen molar-refractivity contribution in [3.05, 3.63) is 24.3 Å². The number of carbonyl (C=O) groups excluding carboxylic acids is 1. The average molecular weight is 272 g/mol. The number of aromatic hydroxyl groups is 1. The molecule has 0 fully saturated rings. The number of phenols is 1. The van der Waals surface area contributed by atoms with Gasteiger partial charge in [-0.15, -0.1) is 0 Å². The van der Waals surface area contributed by atoms with Crippen molar-refractivity contribution in [1.82, 2.24) is 0 Å². The van der Waals surface area contributed by atoms with Gasteiger partial charge in [0.2, 0.25) is 0 Å². The number of hydrogen-bond donors (Lipinski definition) is 1. The van der Waals surface area contributed by atoms with Crippen LogP contribution in [0.4, 0.5) is 0 Å². The van der Waals surface area contributed by atoms with Crippen LogP contribution in [0.1, 0.15) is 20.8 Å². The molecule has 0 atom stereocenters. The van der Waals surface area contributed by atoms with E-state index in [1.54, 1.807) is 6.92 Å². The van der Waals surface area contributed by atoms with Gasteiger partial charge in [0.1, 0.15) is 5.75 Å². The molecular weight excluding hydrogens is 256 g/mol. The summed E-state index contributed by atoms with van der Waals surface area (Å²) in [4.78, 5) is 11.6. The lowest BCUT2D eigenvalue weighted by atomic mass is 10.2. The van der Waals surface area contributed by atoms with Gasteiger partial charge in [0, 0.05) is 0 Å². The molecule has 5 nitrogen and oxygen atoms in total. The van der Waals surface area contributed by atoms with E-state index < -0.39 is 20.6 Å². The number of hydrogen-bond acceptors (Lipinski definition) is 5. The molecule has 1 N–H and O–H groups in total. The van der Waals surface area contributed by atoms with Crippen molar-refractivity contribution in [3.8, 4) is 5.75 Å². The second-order valence-electron chi connectivity index (χ2n) is 4.23. The molecule has 0 saturated heterocycles. The SMILES string of the molecule is CCOC(=O)C(C)(C)S(=O)(=O)c1cccc(O)c1. The molecule has 0 aromatic heterocycles. The van der Waals surface area contributed by atoms with Crippen molar-refractivity contribution in [2.24, 2.45) is 0 Å². The molecule has 0 spiro atoms. The average Bonchev–Trinajstić information content (AvgIpc) is 2.29. The minimum Gasteiger partial charge on any atom is -0.508 e. The molecule has 0 bridgehead atoms. The predicted molar refractivity (Wildman–Crippen MR) is 66.0 cm³/mol. The van der Waals surface area contributed by atoms with Gasteiger partial charge in [-0.05, 0) is 39.0 Å². The highest BCUT2D eigenvalue weighted by molar-refractivity contribution is 7.93. The smallest absolute Gasteiger partial charge is 0.327 e. The summed E-state index contributed by atoms with van der Waals surface area (Å²) in [5.74, 6) is -0.982. The lowest BCUT2D eigenvalue weighted by molar-refractivity contribution is -0.145. The number of ether oxygens (including phenoxy) is 1. The summed E-state index contributed by atoms with van der Waals surface area (Å²) >= 11 is 0. The first-order valence-corrected chi connectivity index (χ1v) is 6.92. The Bertz CT molecular complexity index is 545. The van der Waals surface area contributed by atoms with Gasteiger partial charge in [0.25, 0.3) is 0 Å². The van der Waals surface area contributed by atoms with E-state index in [4.69, 9.17) is 4.74 Å². The maximum absolute atomic E-state index is 12.3. The number of rotatable bonds is 4. The molecule has 0 aliphatic rings. The minimum atomic E-state index is -3.92. The second kappa shape index (κ2) is 4.97. The number of esters is 1. The van der Waals surface area contributed by atoms with Gasteiger partial charge < -0.3 is 9.84 Å². The van der Waals surface area contributed by atoms with E-state index in [-0.39, 0.29) is 17.3 Å². The van der Waals surface area contributed by atoms with Crippen LogP contribution in [0.5, 0.6) is 5.75 Å². The van der Waals surface area contributed by atoms with Crippen LogP contribution in [0.15, 0.2) is 29.2 Å². The number of sulfone groups is 1. The fourth-order valence-corrected chi connectivity index (χ4v) is 2.76. The van der Waals surface area contributed by atoms with Gasteiger partial charge in [-0.1, -0.05) is 6.07 Å². The van der Waals surface area contributed by atoms with Crippen molar-refractivity contribution >= 4 is 15.8 Å². The van der Waals surface area contributed by atoms with Crippen molar-refractivity contribution in [3.63, 3.8) is 0 Å². The van der Waals surface area contributed by atoms with Crippen LogP contribution < -0.4 is 0 Å². The second-order valence-corrected chi connectivity index (χ2v) is 6.73. The molecule has 0 radical (unpaired) electrons. The number of carbonyl (C=O) groups is 1. The lowest BCUT2D eigenvalue weighted by Crippen LogP contribution is -2.42. The Morgan fingerprint density at radius 2 is 2.00 bits per heavy atom. The molecule has 1 aromatic carbocycles. The quantitative estimate of drug-likeness (QED) is 0.840. The summed E-state index contributed by atoms with van der Waals surface area (Å²) in [5, 5.41) is 9.30. The summed E-state index contributed by atoms with van der Waals surface area (Å²) in [6.45, 7) is 4.28. The molecule has 1 aromatic rings. The zero-order valence-electron chi connectivity index (χ0n) is 10.5. The largest absolute Gasteiger partial charge is 0.508 e. The van der Waals surface area contributed by atoms with Crippen molar-refractivity contribution in [2.75, 3.05) is 6.61 Å². The normalized spacial score (nSPS) is 12.2. The highest BCUT2D eigenvalue weighted by atomic mass is 32.2. The zero-order valence-corrected chi connectivity index (χ0v) is 11.3. The van der Waals surface area contributed by atoms with Gasteiger partial charge in [-0.3, -0.25) is 4.79 Å². The Morgan fingerprint density at radius 1 is 1.39 bits per heavy atom. The molecule has 0 aliphatic carbocycles. The Hall–Kier alpha value is -1.56. The fourth-order valence-electron chi connectivity index (χ4n) is 1.36. The Kier molecular flexibility index (Phi) is 4.01. The maximum Gasteiger partial charge on any atom is 0.327 e. The number of phenolic OH excluding ortho intramolecular Hbond substituents is 1. The van der Waals surface area contributed by atoms with Crippen LogP contribution in [-0.4, -0.2) is 30.8 Å². The van der Waals surface area contributed by atoms with E-state index in [0.29, 0.717) is 0 Å². The Balaban J connectivity index is 3.25. The van der Waals surface area contributed by atoms with Crippen molar-refractivity contribution in [1.29, 1.82) is 0 Å². The highest BCUT2D eigenvalue weighted by Crippen LogP contribution is 2.28. The topological polar surface area (TPSA) is 80.7 Å². The molecule has 0 unspecified atom stereocenters. The van der Waals surface area contributed by atoms with Crippen LogP contribution >= 0.6 is 0 Å². The third-order valence-corrected chi connectivity index (χ3v) is 4.95. The predicted octanol–water partition coefficient (Wildman–Crippen LogP) is 1.51. The van der Waals surface area contributed by atoms with Crippen LogP contribution in [0.2, 0.25) is 0 Å². The molecular formula is C12H16O5S. The fraction of sp³-hybridized carbons (Fsp3) is 0.417. The molecule has 0 heterocycles. The van der Waals surface area contributed by atoms with Crippen molar-refractivity contribution in [2.45, 2.75) is 30.4 Å². The van der Waals surface area contributed by atoms with E-state index in [1.165, 1.54) is 32.0 Å². The highest BCUT2D eigenvalue weighted by Gasteiger charge is 2.44. The summed E-state index contributed by atoms with van der Waals surface area (Å²) < 4.78 is 27.7. The molecule has 1 rings (SSSR count). The monoisotopic (exact) mass is 272 g/mol. The van der Waals surface area contributed by atoms with E-state index in [9.17, 15) is 18.3 Å². The van der Waals surface area contributed by atoms with Crippen molar-refractivity contribution < 1.29 is 23.1 Å². The maximum atomic E-state index is 12.3. The summed E-state index contributed by atoms with van der Waals surface area (Å²) in [5.41, 5.74) is 0. The molecule has 0 aliphatic heterocycles. The standard InChI is InChI=1S/C12H16O5S/c1-4-17-11(14)12(2,3)18(15,16)10-7-5-6-9(13)8-10/h5-8,13H,4H2,1-3H3. The summed E-state index contributed by atoms with van der Waals surface area (Å²) in [6.07, 6.45) is 0. The van der Waals surface area contributed by atoms with Gasteiger partial charge in [0.05, 0.1) is 11.5 Å². The van der Waals surface area contributed by atoms with Crippen LogP contribution in [0.25, 0.3) is 0 Å². The van der Waals surface area contributed by atoms with E-state index in [1.807, 2.05) is 0 Å². The first-order valence-electron chi connectivity index (χ1n) is 5.44. The van der Waals surface area contributed by atoms with E-state index in [2.05, 4.69) is 0 Å². The molecule has 6 heteroatoms. The van der Waals surface area contributed by atoms with Crippen LogP contribution in [0.3, 0.4) is 0 Å². The zero-order chi connectivity index (χ0) is 14.0. The number of benzene rings is 1. The molecule has 100 valence electrons. The summed E-state index contributed by atoms with van der Waals surface area (Å²) in [6, 6.07) is 5.20. The summed E-state index contributed by atoms with van der Waals surface area (Å²) in [7, 11) is -3.92. The van der Waals surface area contributed by atoms with Gasteiger partial charge in [-0.25, -0.2) is 8.42 Å². The van der Waals surface area contributed by atoms with E-state index in [0.717, 1.165) is 6.07 Å².